The van der Waals surface area contributed by atoms with Gasteiger partial charge in [0.1, 0.15) is 17.3 Å². The Kier molecular flexibility index (Phi) is 7.79. The van der Waals surface area contributed by atoms with E-state index in [1.165, 1.54) is 0 Å². The average Bonchev–Trinajstić information content (AvgIpc) is 3.48. The number of hydrogen-bond donors (Lipinski definition) is 1. The number of aliphatic hydroxyl groups excluding tert-OH is 1. The molecule has 186 valence electrons. The van der Waals surface area contributed by atoms with E-state index in [2.05, 4.69) is 13.8 Å². The van der Waals surface area contributed by atoms with Gasteiger partial charge in [0.25, 0.3) is 11.7 Å². The third kappa shape index (κ3) is 5.37. The summed E-state index contributed by atoms with van der Waals surface area (Å²) in [5.41, 5.74) is 1.38. The Morgan fingerprint density at radius 2 is 1.74 bits per heavy atom. The van der Waals surface area contributed by atoms with Gasteiger partial charge in [-0.05, 0) is 55.0 Å². The molecule has 2 aromatic rings. The van der Waals surface area contributed by atoms with Crippen LogP contribution in [0.4, 0.5) is 0 Å². The number of carbonyl (C=O) groups excluding carboxylic acids is 2. The molecule has 0 aromatic heterocycles. The van der Waals surface area contributed by atoms with Gasteiger partial charge in [-0.2, -0.15) is 0 Å². The van der Waals surface area contributed by atoms with Gasteiger partial charge in [-0.25, -0.2) is 0 Å². The third-order valence-corrected chi connectivity index (χ3v) is 6.56. The van der Waals surface area contributed by atoms with E-state index in [-0.39, 0.29) is 17.4 Å². The standard InChI is InChI=1S/C29H35NO5/c1-4-16-34-23-14-12-20(13-15-23)26-25(28(32)29(33)30(26)22-9-5-6-10-22)27(31)21-8-7-11-24(17-21)35-18-19(2)3/h7-8,11-15,17,19,22,26,31H,4-6,9-10,16,18H2,1-3H3/b27-25-. The number of benzene rings is 2. The van der Waals surface area contributed by atoms with E-state index in [0.717, 1.165) is 43.4 Å². The Balaban J connectivity index is 1.76. The Morgan fingerprint density at radius 3 is 2.40 bits per heavy atom. The molecule has 1 aliphatic heterocycles. The predicted molar refractivity (Wildman–Crippen MR) is 135 cm³/mol. The van der Waals surface area contributed by atoms with Crippen molar-refractivity contribution in [1.29, 1.82) is 0 Å². The lowest BCUT2D eigenvalue weighted by Crippen LogP contribution is -2.37. The molecule has 1 saturated carbocycles. The van der Waals surface area contributed by atoms with Crippen LogP contribution in [0, 0.1) is 5.92 Å². The molecule has 35 heavy (non-hydrogen) atoms. The largest absolute Gasteiger partial charge is 0.507 e. The minimum atomic E-state index is -0.640. The van der Waals surface area contributed by atoms with Crippen LogP contribution in [0.15, 0.2) is 54.1 Å². The zero-order chi connectivity index (χ0) is 24.9. The first-order valence-corrected chi connectivity index (χ1v) is 12.7. The summed E-state index contributed by atoms with van der Waals surface area (Å²) in [6, 6.07) is 13.9. The normalized spacial score (nSPS) is 20.1. The highest BCUT2D eigenvalue weighted by Gasteiger charge is 2.49. The summed E-state index contributed by atoms with van der Waals surface area (Å²) < 4.78 is 11.5. The summed E-state index contributed by atoms with van der Waals surface area (Å²) >= 11 is 0. The second-order valence-electron chi connectivity index (χ2n) is 9.79. The molecule has 1 heterocycles. The van der Waals surface area contributed by atoms with E-state index in [1.54, 1.807) is 23.1 Å². The monoisotopic (exact) mass is 477 g/mol. The molecule has 2 aromatic carbocycles. The lowest BCUT2D eigenvalue weighted by Gasteiger charge is -2.30. The molecule has 1 N–H and O–H groups in total. The fourth-order valence-electron chi connectivity index (χ4n) is 4.85. The summed E-state index contributed by atoms with van der Waals surface area (Å²) in [5.74, 6) is 0.356. The molecule has 6 nitrogen and oxygen atoms in total. The van der Waals surface area contributed by atoms with Gasteiger partial charge in [0.2, 0.25) is 0 Å². The molecular formula is C29H35NO5. The maximum absolute atomic E-state index is 13.3. The van der Waals surface area contributed by atoms with Crippen LogP contribution < -0.4 is 9.47 Å². The molecule has 4 rings (SSSR count). The molecule has 0 bridgehead atoms. The maximum Gasteiger partial charge on any atom is 0.295 e. The second-order valence-corrected chi connectivity index (χ2v) is 9.79. The Labute approximate surface area is 207 Å². The molecule has 1 amide bonds. The van der Waals surface area contributed by atoms with Crippen LogP contribution in [0.3, 0.4) is 0 Å². The van der Waals surface area contributed by atoms with Crippen molar-refractivity contribution < 1.29 is 24.2 Å². The van der Waals surface area contributed by atoms with Gasteiger partial charge in [0.05, 0.1) is 24.8 Å². The number of carbonyl (C=O) groups is 2. The zero-order valence-corrected chi connectivity index (χ0v) is 20.8. The molecule has 2 aliphatic rings. The summed E-state index contributed by atoms with van der Waals surface area (Å²) in [6.45, 7) is 7.34. The van der Waals surface area contributed by atoms with E-state index >= 15 is 0 Å². The lowest BCUT2D eigenvalue weighted by atomic mass is 9.94. The molecule has 1 aliphatic carbocycles. The molecule has 2 fully saturated rings. The minimum Gasteiger partial charge on any atom is -0.507 e. The Morgan fingerprint density at radius 1 is 1.03 bits per heavy atom. The highest BCUT2D eigenvalue weighted by Crippen LogP contribution is 2.43. The molecule has 6 heteroatoms. The Hall–Kier alpha value is -3.28. The number of aliphatic hydroxyl groups is 1. The number of Topliss-reactive ketones (excluding diaryl/α,β-unsaturated/α-hetero) is 1. The number of likely N-dealkylation sites (tertiary alicyclic amines) is 1. The van der Waals surface area contributed by atoms with Crippen LogP contribution >= 0.6 is 0 Å². The van der Waals surface area contributed by atoms with Crippen molar-refractivity contribution in [2.24, 2.45) is 5.92 Å². The van der Waals surface area contributed by atoms with Crippen molar-refractivity contribution in [2.45, 2.75) is 65.0 Å². The number of rotatable bonds is 9. The summed E-state index contributed by atoms with van der Waals surface area (Å²) in [4.78, 5) is 28.3. The molecule has 0 spiro atoms. The van der Waals surface area contributed by atoms with Gasteiger partial charge in [-0.1, -0.05) is 57.9 Å². The summed E-state index contributed by atoms with van der Waals surface area (Å²) in [6.07, 6.45) is 4.68. The number of ketones is 1. The van der Waals surface area contributed by atoms with E-state index in [0.29, 0.717) is 30.4 Å². The first-order chi connectivity index (χ1) is 16.9. The van der Waals surface area contributed by atoms with Crippen LogP contribution in [-0.4, -0.2) is 41.0 Å². The molecule has 1 atom stereocenters. The fraction of sp³-hybridized carbons (Fsp3) is 0.448. The van der Waals surface area contributed by atoms with Crippen LogP contribution in [0.2, 0.25) is 0 Å². The first kappa shape index (κ1) is 24.8. The number of nitrogens with zero attached hydrogens (tertiary/aromatic N) is 1. The highest BCUT2D eigenvalue weighted by molar-refractivity contribution is 6.46. The average molecular weight is 478 g/mol. The van der Waals surface area contributed by atoms with Crippen molar-refractivity contribution in [3.8, 4) is 11.5 Å². The van der Waals surface area contributed by atoms with Crippen molar-refractivity contribution >= 4 is 17.4 Å². The van der Waals surface area contributed by atoms with E-state index < -0.39 is 17.7 Å². The topological polar surface area (TPSA) is 76.1 Å². The van der Waals surface area contributed by atoms with Crippen molar-refractivity contribution in [3.63, 3.8) is 0 Å². The maximum atomic E-state index is 13.3. The van der Waals surface area contributed by atoms with Crippen LogP contribution in [-0.2, 0) is 9.59 Å². The number of amides is 1. The SMILES string of the molecule is CCCOc1ccc(C2/C(=C(/O)c3cccc(OCC(C)C)c3)C(=O)C(=O)N2C2CCCC2)cc1. The molecule has 1 saturated heterocycles. The van der Waals surface area contributed by atoms with E-state index in [1.807, 2.05) is 37.3 Å². The highest BCUT2D eigenvalue weighted by atomic mass is 16.5. The predicted octanol–water partition coefficient (Wildman–Crippen LogP) is 5.87. The lowest BCUT2D eigenvalue weighted by molar-refractivity contribution is -0.141. The van der Waals surface area contributed by atoms with Crippen molar-refractivity contribution in [1.82, 2.24) is 4.90 Å². The van der Waals surface area contributed by atoms with Gasteiger partial charge in [-0.15, -0.1) is 0 Å². The first-order valence-electron chi connectivity index (χ1n) is 12.7. The van der Waals surface area contributed by atoms with Gasteiger partial charge in [-0.3, -0.25) is 9.59 Å². The van der Waals surface area contributed by atoms with E-state index in [9.17, 15) is 14.7 Å². The third-order valence-electron chi connectivity index (χ3n) is 6.56. The van der Waals surface area contributed by atoms with Crippen molar-refractivity contribution in [3.05, 3.63) is 65.2 Å². The quantitative estimate of drug-likeness (QED) is 0.277. The second kappa shape index (κ2) is 11.0. The number of hydrogen-bond acceptors (Lipinski definition) is 5. The van der Waals surface area contributed by atoms with Crippen LogP contribution in [0.1, 0.15) is 70.0 Å². The Bertz CT molecular complexity index is 1080. The summed E-state index contributed by atoms with van der Waals surface area (Å²) in [7, 11) is 0. The fourth-order valence-corrected chi connectivity index (χ4v) is 4.85. The van der Waals surface area contributed by atoms with Crippen LogP contribution in [0.5, 0.6) is 11.5 Å². The smallest absolute Gasteiger partial charge is 0.295 e. The summed E-state index contributed by atoms with van der Waals surface area (Å²) in [5, 5.41) is 11.4. The molecule has 0 radical (unpaired) electrons. The molecular weight excluding hydrogens is 442 g/mol. The van der Waals surface area contributed by atoms with Gasteiger partial charge in [0.15, 0.2) is 0 Å². The van der Waals surface area contributed by atoms with Crippen LogP contribution in [0.25, 0.3) is 5.76 Å². The number of ether oxygens (including phenoxy) is 2. The van der Waals surface area contributed by atoms with Gasteiger partial charge >= 0.3 is 0 Å². The zero-order valence-electron chi connectivity index (χ0n) is 20.8. The molecule has 1 unspecified atom stereocenters. The minimum absolute atomic E-state index is 0.0153. The van der Waals surface area contributed by atoms with Crippen molar-refractivity contribution in [2.75, 3.05) is 13.2 Å². The van der Waals surface area contributed by atoms with Gasteiger partial charge < -0.3 is 19.5 Å². The van der Waals surface area contributed by atoms with Gasteiger partial charge in [0, 0.05) is 11.6 Å². The van der Waals surface area contributed by atoms with E-state index in [4.69, 9.17) is 9.47 Å².